The van der Waals surface area contributed by atoms with Gasteiger partial charge in [-0.05, 0) is 54.5 Å². The van der Waals surface area contributed by atoms with Crippen LogP contribution in [0.25, 0.3) is 0 Å². The average molecular weight is 338 g/mol. The molecule has 3 heteroatoms. The van der Waals surface area contributed by atoms with Crippen molar-refractivity contribution in [1.82, 2.24) is 4.90 Å². The standard InChI is InChI=1S/C22H27FN2/c1-17-16-24(13-10-18-6-8-20(23)9-7-18)14-12-21(17)25-15-11-19-4-2-3-5-22(19)25/h2-9,17,21H,10-16H2,1H3/t17-,21+/m1/s1. The van der Waals surface area contributed by atoms with E-state index in [0.29, 0.717) is 12.0 Å². The summed E-state index contributed by atoms with van der Waals surface area (Å²) in [6.07, 6.45) is 3.43. The zero-order valence-corrected chi connectivity index (χ0v) is 15.0. The zero-order valence-electron chi connectivity index (χ0n) is 15.0. The van der Waals surface area contributed by atoms with Crippen molar-refractivity contribution >= 4 is 5.69 Å². The quantitative estimate of drug-likeness (QED) is 0.827. The maximum absolute atomic E-state index is 13.0. The van der Waals surface area contributed by atoms with Crippen LogP contribution in [-0.2, 0) is 12.8 Å². The van der Waals surface area contributed by atoms with E-state index in [1.54, 1.807) is 12.1 Å². The number of hydrogen-bond acceptors (Lipinski definition) is 2. The molecule has 2 nitrogen and oxygen atoms in total. The topological polar surface area (TPSA) is 6.48 Å². The summed E-state index contributed by atoms with van der Waals surface area (Å²) >= 11 is 0. The molecule has 1 saturated heterocycles. The maximum Gasteiger partial charge on any atom is 0.123 e. The summed E-state index contributed by atoms with van der Waals surface area (Å²) in [6.45, 7) is 6.96. The highest BCUT2D eigenvalue weighted by atomic mass is 19.1. The van der Waals surface area contributed by atoms with Gasteiger partial charge in [0, 0.05) is 37.9 Å². The molecule has 0 spiro atoms. The van der Waals surface area contributed by atoms with Gasteiger partial charge >= 0.3 is 0 Å². The Kier molecular flexibility index (Phi) is 4.76. The van der Waals surface area contributed by atoms with Crippen LogP contribution in [0.5, 0.6) is 0 Å². The number of hydrogen-bond donors (Lipinski definition) is 0. The first kappa shape index (κ1) is 16.6. The van der Waals surface area contributed by atoms with Gasteiger partial charge in [-0.2, -0.15) is 0 Å². The van der Waals surface area contributed by atoms with Crippen LogP contribution >= 0.6 is 0 Å². The number of halogens is 1. The Hall–Kier alpha value is -1.87. The summed E-state index contributed by atoms with van der Waals surface area (Å²) in [5.74, 6) is 0.525. The van der Waals surface area contributed by atoms with Crippen molar-refractivity contribution in [3.8, 4) is 0 Å². The Morgan fingerprint density at radius 1 is 1.04 bits per heavy atom. The van der Waals surface area contributed by atoms with Crippen molar-refractivity contribution in [2.75, 3.05) is 31.1 Å². The third-order valence-electron chi connectivity index (χ3n) is 5.90. The second-order valence-electron chi connectivity index (χ2n) is 7.58. The van der Waals surface area contributed by atoms with Gasteiger partial charge in [0.2, 0.25) is 0 Å². The van der Waals surface area contributed by atoms with Gasteiger partial charge in [-0.1, -0.05) is 37.3 Å². The fourth-order valence-corrected chi connectivity index (χ4v) is 4.53. The number of nitrogens with zero attached hydrogens (tertiary/aromatic N) is 2. The van der Waals surface area contributed by atoms with E-state index in [0.717, 1.165) is 26.1 Å². The lowest BCUT2D eigenvalue weighted by Gasteiger charge is -2.42. The third kappa shape index (κ3) is 3.57. The fourth-order valence-electron chi connectivity index (χ4n) is 4.53. The molecule has 4 rings (SSSR count). The maximum atomic E-state index is 13.0. The lowest BCUT2D eigenvalue weighted by atomic mass is 9.92. The van der Waals surface area contributed by atoms with E-state index in [1.165, 1.54) is 36.2 Å². The van der Waals surface area contributed by atoms with E-state index in [2.05, 4.69) is 41.0 Å². The van der Waals surface area contributed by atoms with Crippen LogP contribution < -0.4 is 4.90 Å². The van der Waals surface area contributed by atoms with Gasteiger partial charge in [-0.15, -0.1) is 0 Å². The number of piperidine rings is 1. The van der Waals surface area contributed by atoms with Crippen LogP contribution in [0.3, 0.4) is 0 Å². The van der Waals surface area contributed by atoms with Gasteiger partial charge in [-0.3, -0.25) is 0 Å². The molecule has 2 aliphatic heterocycles. The molecule has 2 atom stereocenters. The van der Waals surface area contributed by atoms with E-state index >= 15 is 0 Å². The van der Waals surface area contributed by atoms with E-state index in [4.69, 9.17) is 0 Å². The number of para-hydroxylation sites is 1. The van der Waals surface area contributed by atoms with Crippen molar-refractivity contribution in [3.05, 3.63) is 65.5 Å². The van der Waals surface area contributed by atoms with Gasteiger partial charge < -0.3 is 9.80 Å². The number of fused-ring (bicyclic) bond motifs is 1. The molecular weight excluding hydrogens is 311 g/mol. The van der Waals surface area contributed by atoms with Gasteiger partial charge in [0.15, 0.2) is 0 Å². The second-order valence-corrected chi connectivity index (χ2v) is 7.58. The summed E-state index contributed by atoms with van der Waals surface area (Å²) in [5.41, 5.74) is 4.19. The van der Waals surface area contributed by atoms with Crippen molar-refractivity contribution in [1.29, 1.82) is 0 Å². The van der Waals surface area contributed by atoms with E-state index in [-0.39, 0.29) is 5.82 Å². The largest absolute Gasteiger partial charge is 0.368 e. The van der Waals surface area contributed by atoms with Crippen molar-refractivity contribution in [2.45, 2.75) is 32.2 Å². The Morgan fingerprint density at radius 3 is 2.64 bits per heavy atom. The molecule has 2 aromatic carbocycles. The van der Waals surface area contributed by atoms with Crippen LogP contribution in [0, 0.1) is 11.7 Å². The predicted molar refractivity (Wildman–Crippen MR) is 102 cm³/mol. The Bertz CT molecular complexity index is 712. The van der Waals surface area contributed by atoms with Crippen LogP contribution in [0.15, 0.2) is 48.5 Å². The molecule has 0 aliphatic carbocycles. The summed E-state index contributed by atoms with van der Waals surface area (Å²) in [6, 6.07) is 16.5. The van der Waals surface area contributed by atoms with Gasteiger partial charge in [0.1, 0.15) is 5.82 Å². The molecule has 0 saturated carbocycles. The number of likely N-dealkylation sites (tertiary alicyclic amines) is 1. The van der Waals surface area contributed by atoms with Crippen LogP contribution in [0.4, 0.5) is 10.1 Å². The molecule has 0 unspecified atom stereocenters. The van der Waals surface area contributed by atoms with Crippen molar-refractivity contribution in [3.63, 3.8) is 0 Å². The fraction of sp³-hybridized carbons (Fsp3) is 0.455. The molecule has 0 amide bonds. The van der Waals surface area contributed by atoms with Gasteiger partial charge in [-0.25, -0.2) is 4.39 Å². The van der Waals surface area contributed by atoms with Crippen LogP contribution in [0.1, 0.15) is 24.5 Å². The third-order valence-corrected chi connectivity index (χ3v) is 5.90. The zero-order chi connectivity index (χ0) is 17.2. The minimum absolute atomic E-state index is 0.149. The van der Waals surface area contributed by atoms with Crippen LogP contribution in [0.2, 0.25) is 0 Å². The SMILES string of the molecule is C[C@@H]1CN(CCc2ccc(F)cc2)CC[C@@H]1N1CCc2ccccc21. The summed E-state index contributed by atoms with van der Waals surface area (Å²) in [7, 11) is 0. The summed E-state index contributed by atoms with van der Waals surface area (Å²) in [5, 5.41) is 0. The molecule has 25 heavy (non-hydrogen) atoms. The molecular formula is C22H27FN2. The molecule has 132 valence electrons. The molecule has 0 radical (unpaired) electrons. The van der Waals surface area contributed by atoms with E-state index < -0.39 is 0 Å². The Labute approximate surface area is 150 Å². The normalized spacial score (nSPS) is 23.7. The first-order chi connectivity index (χ1) is 12.2. The summed E-state index contributed by atoms with van der Waals surface area (Å²) < 4.78 is 13.0. The number of benzene rings is 2. The monoisotopic (exact) mass is 338 g/mol. The number of rotatable bonds is 4. The first-order valence-electron chi connectivity index (χ1n) is 9.52. The Morgan fingerprint density at radius 2 is 1.84 bits per heavy atom. The number of anilines is 1. The van der Waals surface area contributed by atoms with Gasteiger partial charge in [0.05, 0.1) is 0 Å². The minimum atomic E-state index is -0.149. The summed E-state index contributed by atoms with van der Waals surface area (Å²) in [4.78, 5) is 5.23. The van der Waals surface area contributed by atoms with Crippen LogP contribution in [-0.4, -0.2) is 37.1 Å². The molecule has 2 aromatic rings. The van der Waals surface area contributed by atoms with Gasteiger partial charge in [0.25, 0.3) is 0 Å². The average Bonchev–Trinajstić information content (AvgIpc) is 3.05. The molecule has 0 aromatic heterocycles. The van der Waals surface area contributed by atoms with E-state index in [9.17, 15) is 4.39 Å². The molecule has 2 aliphatic rings. The Balaban J connectivity index is 1.34. The lowest BCUT2D eigenvalue weighted by molar-refractivity contribution is 0.162. The smallest absolute Gasteiger partial charge is 0.123 e. The second kappa shape index (κ2) is 7.17. The first-order valence-corrected chi connectivity index (χ1v) is 9.52. The predicted octanol–water partition coefficient (Wildman–Crippen LogP) is 4.14. The molecule has 0 bridgehead atoms. The van der Waals surface area contributed by atoms with Crippen molar-refractivity contribution < 1.29 is 4.39 Å². The lowest BCUT2D eigenvalue weighted by Crippen LogP contribution is -2.50. The highest BCUT2D eigenvalue weighted by molar-refractivity contribution is 5.58. The van der Waals surface area contributed by atoms with E-state index in [1.807, 2.05) is 12.1 Å². The highest BCUT2D eigenvalue weighted by Gasteiger charge is 2.33. The molecule has 0 N–H and O–H groups in total. The molecule has 2 heterocycles. The highest BCUT2D eigenvalue weighted by Crippen LogP contribution is 2.34. The minimum Gasteiger partial charge on any atom is -0.368 e. The van der Waals surface area contributed by atoms with Crippen molar-refractivity contribution in [2.24, 2.45) is 5.92 Å². The molecule has 1 fully saturated rings.